The van der Waals surface area contributed by atoms with Gasteiger partial charge in [-0.3, -0.25) is 0 Å². The van der Waals surface area contributed by atoms with Crippen LogP contribution < -0.4 is 10.1 Å². The molecular formula is C14H9ClN2O. The molecule has 2 aromatic carbocycles. The van der Waals surface area contributed by atoms with Crippen LogP contribution in [0.1, 0.15) is 17.4 Å². The molecule has 1 unspecified atom stereocenters. The van der Waals surface area contributed by atoms with Gasteiger partial charge in [0.15, 0.2) is 6.23 Å². The third-order valence-corrected chi connectivity index (χ3v) is 3.05. The SMILES string of the molecule is N#Cc1ccc(C2Nc3cc(Cl)ccc3O2)cc1. The lowest BCUT2D eigenvalue weighted by Crippen LogP contribution is -2.09. The van der Waals surface area contributed by atoms with E-state index in [1.54, 1.807) is 18.2 Å². The van der Waals surface area contributed by atoms with Crippen molar-refractivity contribution >= 4 is 17.3 Å². The molecule has 0 bridgehead atoms. The van der Waals surface area contributed by atoms with Crippen LogP contribution in [-0.2, 0) is 0 Å². The monoisotopic (exact) mass is 256 g/mol. The van der Waals surface area contributed by atoms with E-state index in [4.69, 9.17) is 21.6 Å². The van der Waals surface area contributed by atoms with Gasteiger partial charge in [-0.25, -0.2) is 0 Å². The lowest BCUT2D eigenvalue weighted by Gasteiger charge is -2.11. The lowest BCUT2D eigenvalue weighted by atomic mass is 10.1. The van der Waals surface area contributed by atoms with Gasteiger partial charge in [0.2, 0.25) is 0 Å². The van der Waals surface area contributed by atoms with E-state index < -0.39 is 0 Å². The molecule has 1 atom stereocenters. The fraction of sp³-hybridized carbons (Fsp3) is 0.0714. The van der Waals surface area contributed by atoms with Crippen LogP contribution in [0.3, 0.4) is 0 Å². The van der Waals surface area contributed by atoms with Crippen LogP contribution in [0.15, 0.2) is 42.5 Å². The molecule has 0 aromatic heterocycles. The summed E-state index contributed by atoms with van der Waals surface area (Å²) in [5.41, 5.74) is 2.50. The van der Waals surface area contributed by atoms with E-state index in [0.29, 0.717) is 10.6 Å². The summed E-state index contributed by atoms with van der Waals surface area (Å²) in [6, 6.07) is 14.9. The van der Waals surface area contributed by atoms with E-state index in [2.05, 4.69) is 11.4 Å². The Morgan fingerprint density at radius 3 is 2.67 bits per heavy atom. The van der Waals surface area contributed by atoms with Crippen molar-refractivity contribution in [3.8, 4) is 11.8 Å². The number of nitrogens with zero attached hydrogens (tertiary/aromatic N) is 1. The maximum Gasteiger partial charge on any atom is 0.196 e. The highest BCUT2D eigenvalue weighted by molar-refractivity contribution is 6.30. The number of benzene rings is 2. The molecule has 3 nitrogen and oxygen atoms in total. The minimum absolute atomic E-state index is 0.230. The third-order valence-electron chi connectivity index (χ3n) is 2.82. The zero-order valence-corrected chi connectivity index (χ0v) is 10.1. The Morgan fingerprint density at radius 2 is 1.94 bits per heavy atom. The molecule has 0 saturated carbocycles. The second-order valence-corrected chi connectivity index (χ2v) is 4.45. The fourth-order valence-electron chi connectivity index (χ4n) is 1.90. The number of hydrogen-bond acceptors (Lipinski definition) is 3. The number of ether oxygens (including phenoxy) is 1. The van der Waals surface area contributed by atoms with Gasteiger partial charge in [-0.05, 0) is 30.3 Å². The van der Waals surface area contributed by atoms with Crippen molar-refractivity contribution in [3.05, 3.63) is 58.6 Å². The fourth-order valence-corrected chi connectivity index (χ4v) is 2.07. The van der Waals surface area contributed by atoms with Crippen LogP contribution in [0.5, 0.6) is 5.75 Å². The molecule has 0 aliphatic carbocycles. The Kier molecular flexibility index (Phi) is 2.58. The first-order valence-electron chi connectivity index (χ1n) is 5.49. The van der Waals surface area contributed by atoms with Crippen molar-refractivity contribution in [1.29, 1.82) is 5.26 Å². The van der Waals surface area contributed by atoms with Gasteiger partial charge in [0.25, 0.3) is 0 Å². The van der Waals surface area contributed by atoms with Gasteiger partial charge in [0.1, 0.15) is 5.75 Å². The minimum Gasteiger partial charge on any atom is -0.464 e. The Bertz CT molecular complexity index is 631. The van der Waals surface area contributed by atoms with Crippen LogP contribution in [0, 0.1) is 11.3 Å². The Morgan fingerprint density at radius 1 is 1.17 bits per heavy atom. The number of fused-ring (bicyclic) bond motifs is 1. The number of halogens is 1. The van der Waals surface area contributed by atoms with Crippen molar-refractivity contribution in [2.75, 3.05) is 5.32 Å². The summed E-state index contributed by atoms with van der Waals surface area (Å²) in [6.45, 7) is 0. The first-order chi connectivity index (χ1) is 8.76. The van der Waals surface area contributed by atoms with Crippen LogP contribution in [0.25, 0.3) is 0 Å². The van der Waals surface area contributed by atoms with Gasteiger partial charge in [-0.2, -0.15) is 5.26 Å². The maximum atomic E-state index is 8.75. The molecule has 1 N–H and O–H groups in total. The minimum atomic E-state index is -0.230. The number of hydrogen-bond donors (Lipinski definition) is 1. The van der Waals surface area contributed by atoms with Crippen LogP contribution >= 0.6 is 11.6 Å². The summed E-state index contributed by atoms with van der Waals surface area (Å²) in [4.78, 5) is 0. The third kappa shape index (κ3) is 1.87. The summed E-state index contributed by atoms with van der Waals surface area (Å²) in [7, 11) is 0. The average Bonchev–Trinajstić information content (AvgIpc) is 2.81. The molecule has 0 amide bonds. The zero-order chi connectivity index (χ0) is 12.5. The van der Waals surface area contributed by atoms with E-state index in [-0.39, 0.29) is 6.23 Å². The molecular weight excluding hydrogens is 248 g/mol. The van der Waals surface area contributed by atoms with Gasteiger partial charge in [0, 0.05) is 10.6 Å². The van der Waals surface area contributed by atoms with Gasteiger partial charge < -0.3 is 10.1 Å². The molecule has 18 heavy (non-hydrogen) atoms. The summed E-state index contributed by atoms with van der Waals surface area (Å²) in [5, 5.41) is 12.7. The molecule has 88 valence electrons. The molecule has 2 aromatic rings. The topological polar surface area (TPSA) is 45.0 Å². The number of anilines is 1. The molecule has 0 fully saturated rings. The molecule has 1 aliphatic rings. The molecule has 1 aliphatic heterocycles. The second kappa shape index (κ2) is 4.25. The Labute approximate surface area is 110 Å². The van der Waals surface area contributed by atoms with E-state index in [0.717, 1.165) is 17.0 Å². The highest BCUT2D eigenvalue weighted by atomic mass is 35.5. The summed E-state index contributed by atoms with van der Waals surface area (Å²) < 4.78 is 5.77. The van der Waals surface area contributed by atoms with Crippen molar-refractivity contribution in [1.82, 2.24) is 0 Å². The van der Waals surface area contributed by atoms with E-state index in [9.17, 15) is 0 Å². The first-order valence-corrected chi connectivity index (χ1v) is 5.87. The number of nitriles is 1. The first kappa shape index (κ1) is 10.9. The van der Waals surface area contributed by atoms with Gasteiger partial charge in [0.05, 0.1) is 17.3 Å². The molecule has 0 spiro atoms. The normalized spacial score (nSPS) is 16.3. The predicted molar refractivity (Wildman–Crippen MR) is 69.6 cm³/mol. The van der Waals surface area contributed by atoms with Gasteiger partial charge >= 0.3 is 0 Å². The van der Waals surface area contributed by atoms with Crippen molar-refractivity contribution in [2.45, 2.75) is 6.23 Å². The second-order valence-electron chi connectivity index (χ2n) is 4.02. The quantitative estimate of drug-likeness (QED) is 0.846. The maximum absolute atomic E-state index is 8.75. The molecule has 4 heteroatoms. The van der Waals surface area contributed by atoms with Crippen LogP contribution in [0.2, 0.25) is 5.02 Å². The molecule has 1 heterocycles. The predicted octanol–water partition coefficient (Wildman–Crippen LogP) is 3.71. The standard InChI is InChI=1S/C14H9ClN2O/c15-11-5-6-13-12(7-11)17-14(18-13)10-3-1-9(8-16)2-4-10/h1-7,14,17H. The van der Waals surface area contributed by atoms with Crippen LogP contribution in [-0.4, -0.2) is 0 Å². The molecule has 3 rings (SSSR count). The van der Waals surface area contributed by atoms with Crippen molar-refractivity contribution in [3.63, 3.8) is 0 Å². The van der Waals surface area contributed by atoms with Gasteiger partial charge in [-0.15, -0.1) is 0 Å². The Balaban J connectivity index is 1.87. The van der Waals surface area contributed by atoms with Crippen LogP contribution in [0.4, 0.5) is 5.69 Å². The summed E-state index contributed by atoms with van der Waals surface area (Å²) in [6.07, 6.45) is -0.230. The van der Waals surface area contributed by atoms with Crippen molar-refractivity contribution < 1.29 is 4.74 Å². The zero-order valence-electron chi connectivity index (χ0n) is 9.35. The lowest BCUT2D eigenvalue weighted by molar-refractivity contribution is 0.260. The molecule has 0 saturated heterocycles. The van der Waals surface area contributed by atoms with E-state index >= 15 is 0 Å². The largest absolute Gasteiger partial charge is 0.464 e. The van der Waals surface area contributed by atoms with Gasteiger partial charge in [-0.1, -0.05) is 23.7 Å². The average molecular weight is 257 g/mol. The molecule has 0 radical (unpaired) electrons. The number of nitrogens with one attached hydrogen (secondary N) is 1. The Hall–Kier alpha value is -2.18. The smallest absolute Gasteiger partial charge is 0.196 e. The van der Waals surface area contributed by atoms with E-state index in [1.807, 2.05) is 24.3 Å². The highest BCUT2D eigenvalue weighted by Gasteiger charge is 2.23. The van der Waals surface area contributed by atoms with E-state index in [1.165, 1.54) is 0 Å². The number of rotatable bonds is 1. The summed E-state index contributed by atoms with van der Waals surface area (Å²) >= 11 is 5.93. The highest BCUT2D eigenvalue weighted by Crippen LogP contribution is 2.39. The van der Waals surface area contributed by atoms with Crippen molar-refractivity contribution in [2.24, 2.45) is 0 Å². The summed E-state index contributed by atoms with van der Waals surface area (Å²) in [5.74, 6) is 0.786.